The molecule has 0 N–H and O–H groups in total. The summed E-state index contributed by atoms with van der Waals surface area (Å²) in [4.78, 5) is 5.43. The first-order valence-corrected chi connectivity index (χ1v) is 6.82. The second kappa shape index (κ2) is 6.07. The number of alkyl halides is 1. The second-order valence-electron chi connectivity index (χ2n) is 3.72. The van der Waals surface area contributed by atoms with Gasteiger partial charge in [-0.3, -0.25) is 0 Å². The van der Waals surface area contributed by atoms with E-state index >= 15 is 0 Å². The SMILES string of the molecule is COc1ccc(Cc2ncc(CCl)s2)cc1OC. The van der Waals surface area contributed by atoms with Crippen LogP contribution < -0.4 is 9.47 Å². The topological polar surface area (TPSA) is 31.4 Å². The Morgan fingerprint density at radius 1 is 1.22 bits per heavy atom. The van der Waals surface area contributed by atoms with Crippen molar-refractivity contribution in [2.75, 3.05) is 14.2 Å². The zero-order chi connectivity index (χ0) is 13.0. The largest absolute Gasteiger partial charge is 0.493 e. The lowest BCUT2D eigenvalue weighted by Gasteiger charge is -2.08. The van der Waals surface area contributed by atoms with Gasteiger partial charge in [-0.15, -0.1) is 22.9 Å². The minimum absolute atomic E-state index is 0.517. The predicted molar refractivity (Wildman–Crippen MR) is 74.0 cm³/mol. The highest BCUT2D eigenvalue weighted by Gasteiger charge is 2.07. The second-order valence-corrected chi connectivity index (χ2v) is 5.19. The predicted octanol–water partition coefficient (Wildman–Crippen LogP) is 3.49. The van der Waals surface area contributed by atoms with E-state index in [9.17, 15) is 0 Å². The van der Waals surface area contributed by atoms with Crippen LogP contribution in [0.4, 0.5) is 0 Å². The van der Waals surface area contributed by atoms with Gasteiger partial charge in [-0.05, 0) is 17.7 Å². The molecule has 0 amide bonds. The molecule has 0 aliphatic heterocycles. The molecule has 1 aromatic heterocycles. The van der Waals surface area contributed by atoms with Crippen LogP contribution in [0.1, 0.15) is 15.4 Å². The smallest absolute Gasteiger partial charge is 0.160 e. The van der Waals surface area contributed by atoms with Crippen LogP contribution in [0.2, 0.25) is 0 Å². The first-order valence-electron chi connectivity index (χ1n) is 5.47. The molecule has 1 heterocycles. The minimum atomic E-state index is 0.517. The van der Waals surface area contributed by atoms with Crippen molar-refractivity contribution >= 4 is 22.9 Å². The fourth-order valence-corrected chi connectivity index (χ4v) is 2.70. The molecule has 0 aliphatic carbocycles. The molecule has 0 fully saturated rings. The molecule has 2 rings (SSSR count). The van der Waals surface area contributed by atoms with Crippen LogP contribution in [-0.4, -0.2) is 19.2 Å². The number of nitrogens with zero attached hydrogens (tertiary/aromatic N) is 1. The van der Waals surface area contributed by atoms with Gasteiger partial charge in [0.25, 0.3) is 0 Å². The van der Waals surface area contributed by atoms with E-state index in [0.717, 1.165) is 33.4 Å². The number of hydrogen-bond donors (Lipinski definition) is 0. The zero-order valence-electron chi connectivity index (χ0n) is 10.3. The molecule has 0 saturated heterocycles. The summed E-state index contributed by atoms with van der Waals surface area (Å²) < 4.78 is 10.5. The maximum absolute atomic E-state index is 5.76. The molecule has 96 valence electrons. The van der Waals surface area contributed by atoms with Gasteiger partial charge in [-0.2, -0.15) is 0 Å². The lowest BCUT2D eigenvalue weighted by atomic mass is 10.1. The molecule has 0 aliphatic rings. The average Bonchev–Trinajstić information content (AvgIpc) is 2.86. The van der Waals surface area contributed by atoms with Gasteiger partial charge in [0.05, 0.1) is 25.1 Å². The van der Waals surface area contributed by atoms with Crippen LogP contribution >= 0.6 is 22.9 Å². The molecule has 0 spiro atoms. The summed E-state index contributed by atoms with van der Waals surface area (Å²) in [5, 5.41) is 1.05. The Labute approximate surface area is 115 Å². The van der Waals surface area contributed by atoms with Crippen LogP contribution in [0.25, 0.3) is 0 Å². The number of halogens is 1. The third kappa shape index (κ3) is 2.94. The monoisotopic (exact) mass is 283 g/mol. The van der Waals surface area contributed by atoms with Crippen molar-refractivity contribution in [2.45, 2.75) is 12.3 Å². The van der Waals surface area contributed by atoms with E-state index in [0.29, 0.717) is 5.88 Å². The quantitative estimate of drug-likeness (QED) is 0.787. The molecule has 1 aromatic carbocycles. The van der Waals surface area contributed by atoms with Crippen molar-refractivity contribution in [1.29, 1.82) is 0 Å². The maximum Gasteiger partial charge on any atom is 0.160 e. The Morgan fingerprint density at radius 2 is 2.00 bits per heavy atom. The summed E-state index contributed by atoms with van der Waals surface area (Å²) in [5.41, 5.74) is 1.14. The summed E-state index contributed by atoms with van der Waals surface area (Å²) in [7, 11) is 3.27. The van der Waals surface area contributed by atoms with Crippen molar-refractivity contribution < 1.29 is 9.47 Å². The summed E-state index contributed by atoms with van der Waals surface area (Å²) in [6.07, 6.45) is 2.61. The normalized spacial score (nSPS) is 10.4. The third-order valence-electron chi connectivity index (χ3n) is 2.54. The highest BCUT2D eigenvalue weighted by atomic mass is 35.5. The van der Waals surface area contributed by atoms with Gasteiger partial charge in [-0.25, -0.2) is 4.98 Å². The van der Waals surface area contributed by atoms with Crippen molar-refractivity contribution in [3.63, 3.8) is 0 Å². The molecule has 18 heavy (non-hydrogen) atoms. The van der Waals surface area contributed by atoms with Crippen LogP contribution in [0.3, 0.4) is 0 Å². The number of hydrogen-bond acceptors (Lipinski definition) is 4. The maximum atomic E-state index is 5.76. The van der Waals surface area contributed by atoms with Gasteiger partial charge < -0.3 is 9.47 Å². The van der Waals surface area contributed by atoms with E-state index in [1.807, 2.05) is 24.4 Å². The fraction of sp³-hybridized carbons (Fsp3) is 0.308. The standard InChI is InChI=1S/C13H14ClNO2S/c1-16-11-4-3-9(5-12(11)17-2)6-13-15-8-10(7-14)18-13/h3-5,8H,6-7H2,1-2H3. The molecular weight excluding hydrogens is 270 g/mol. The van der Waals surface area contributed by atoms with Gasteiger partial charge in [0.1, 0.15) is 0 Å². The van der Waals surface area contributed by atoms with Gasteiger partial charge >= 0.3 is 0 Å². The molecule has 3 nitrogen and oxygen atoms in total. The third-order valence-corrected chi connectivity index (χ3v) is 3.98. The summed E-state index contributed by atoms with van der Waals surface area (Å²) in [6.45, 7) is 0. The zero-order valence-corrected chi connectivity index (χ0v) is 11.8. The highest BCUT2D eigenvalue weighted by molar-refractivity contribution is 7.11. The average molecular weight is 284 g/mol. The Balaban J connectivity index is 2.18. The number of rotatable bonds is 5. The summed E-state index contributed by atoms with van der Waals surface area (Å²) >= 11 is 7.40. The Bertz CT molecular complexity index is 527. The van der Waals surface area contributed by atoms with Gasteiger partial charge in [0, 0.05) is 17.5 Å². The molecule has 5 heteroatoms. The number of aromatic nitrogens is 1. The van der Waals surface area contributed by atoms with Gasteiger partial charge in [0.2, 0.25) is 0 Å². The van der Waals surface area contributed by atoms with E-state index in [-0.39, 0.29) is 0 Å². The van der Waals surface area contributed by atoms with E-state index in [4.69, 9.17) is 21.1 Å². The molecule has 0 saturated carbocycles. The van der Waals surface area contributed by atoms with Crippen LogP contribution in [0.15, 0.2) is 24.4 Å². The van der Waals surface area contributed by atoms with Crippen LogP contribution in [-0.2, 0) is 12.3 Å². The van der Waals surface area contributed by atoms with E-state index in [1.165, 1.54) is 0 Å². The Kier molecular flexibility index (Phi) is 4.44. The van der Waals surface area contributed by atoms with Crippen LogP contribution in [0.5, 0.6) is 11.5 Å². The highest BCUT2D eigenvalue weighted by Crippen LogP contribution is 2.29. The molecule has 0 unspecified atom stereocenters. The van der Waals surface area contributed by atoms with Crippen molar-refractivity contribution in [2.24, 2.45) is 0 Å². The minimum Gasteiger partial charge on any atom is -0.493 e. The van der Waals surface area contributed by atoms with E-state index < -0.39 is 0 Å². The molecule has 2 aromatic rings. The van der Waals surface area contributed by atoms with Crippen molar-refractivity contribution in [3.8, 4) is 11.5 Å². The van der Waals surface area contributed by atoms with Crippen LogP contribution in [0, 0.1) is 0 Å². The first-order chi connectivity index (χ1) is 8.76. The fourth-order valence-electron chi connectivity index (χ4n) is 1.66. The van der Waals surface area contributed by atoms with Crippen molar-refractivity contribution in [1.82, 2.24) is 4.98 Å². The molecule has 0 atom stereocenters. The summed E-state index contributed by atoms with van der Waals surface area (Å²) in [6, 6.07) is 5.90. The lowest BCUT2D eigenvalue weighted by molar-refractivity contribution is 0.354. The number of methoxy groups -OCH3 is 2. The van der Waals surface area contributed by atoms with Gasteiger partial charge in [0.15, 0.2) is 11.5 Å². The van der Waals surface area contributed by atoms with E-state index in [2.05, 4.69) is 4.98 Å². The first kappa shape index (κ1) is 13.2. The Hall–Kier alpha value is -1.26. The molecule has 0 bridgehead atoms. The number of thiazole rings is 1. The Morgan fingerprint density at radius 3 is 2.61 bits per heavy atom. The lowest BCUT2D eigenvalue weighted by Crippen LogP contribution is -1.93. The summed E-state index contributed by atoms with van der Waals surface area (Å²) in [5.74, 6) is 2.00. The molecule has 0 radical (unpaired) electrons. The molecular formula is C13H14ClNO2S. The van der Waals surface area contributed by atoms with Crippen molar-refractivity contribution in [3.05, 3.63) is 39.8 Å². The van der Waals surface area contributed by atoms with Gasteiger partial charge in [-0.1, -0.05) is 6.07 Å². The number of ether oxygens (including phenoxy) is 2. The van der Waals surface area contributed by atoms with E-state index in [1.54, 1.807) is 25.6 Å². The number of benzene rings is 1.